The quantitative estimate of drug-likeness (QED) is 0.390. The second kappa shape index (κ2) is 11.6. The maximum Gasteiger partial charge on any atom is 0.266 e. The Morgan fingerprint density at radius 1 is 0.939 bits per heavy atom. The van der Waals surface area contributed by atoms with E-state index in [1.54, 1.807) is 12.1 Å². The van der Waals surface area contributed by atoms with Gasteiger partial charge in [-0.15, -0.1) is 12.4 Å². The molecular formula is C22H28ClN3O7. The minimum atomic E-state index is -1.00. The molecule has 4 rings (SSSR count). The number of amides is 4. The summed E-state index contributed by atoms with van der Waals surface area (Å²) in [6, 6.07) is 3.76. The van der Waals surface area contributed by atoms with Crippen LogP contribution in [-0.4, -0.2) is 80.2 Å². The van der Waals surface area contributed by atoms with Crippen LogP contribution in [0.5, 0.6) is 5.75 Å². The lowest BCUT2D eigenvalue weighted by Crippen LogP contribution is -2.54. The van der Waals surface area contributed by atoms with Gasteiger partial charge >= 0.3 is 0 Å². The van der Waals surface area contributed by atoms with E-state index >= 15 is 0 Å². The lowest BCUT2D eigenvalue weighted by molar-refractivity contribution is -0.136. The van der Waals surface area contributed by atoms with Crippen LogP contribution in [0.15, 0.2) is 18.2 Å². The number of nitrogens with zero attached hydrogens (tertiary/aromatic N) is 1. The highest BCUT2D eigenvalue weighted by molar-refractivity contribution is 6.24. The molecule has 1 unspecified atom stereocenters. The van der Waals surface area contributed by atoms with E-state index in [0.717, 1.165) is 30.8 Å². The highest BCUT2D eigenvalue weighted by Gasteiger charge is 2.45. The molecule has 0 aliphatic carbocycles. The van der Waals surface area contributed by atoms with E-state index in [9.17, 15) is 19.2 Å². The Morgan fingerprint density at radius 2 is 1.70 bits per heavy atom. The highest BCUT2D eigenvalue weighted by atomic mass is 35.5. The zero-order chi connectivity index (χ0) is 22.5. The monoisotopic (exact) mass is 481 g/mol. The van der Waals surface area contributed by atoms with Crippen molar-refractivity contribution >= 4 is 36.0 Å². The molecule has 1 atom stereocenters. The molecule has 2 fully saturated rings. The molecule has 10 nitrogen and oxygen atoms in total. The number of hydrogen-bond donors (Lipinski definition) is 2. The number of rotatable bonds is 9. The van der Waals surface area contributed by atoms with Crippen molar-refractivity contribution in [1.82, 2.24) is 15.5 Å². The zero-order valence-electron chi connectivity index (χ0n) is 18.2. The van der Waals surface area contributed by atoms with E-state index < -0.39 is 29.7 Å². The summed E-state index contributed by atoms with van der Waals surface area (Å²) in [5.41, 5.74) is 0.324. The fourth-order valence-corrected chi connectivity index (χ4v) is 4.15. The highest BCUT2D eigenvalue weighted by Crippen LogP contribution is 2.33. The molecule has 3 aliphatic heterocycles. The summed E-state index contributed by atoms with van der Waals surface area (Å²) in [5.74, 6) is -1.93. The molecule has 0 aromatic heterocycles. The van der Waals surface area contributed by atoms with Gasteiger partial charge in [-0.3, -0.25) is 29.4 Å². The number of hydrogen-bond acceptors (Lipinski definition) is 8. The van der Waals surface area contributed by atoms with Crippen LogP contribution in [0.2, 0.25) is 0 Å². The fraction of sp³-hybridized carbons (Fsp3) is 0.545. The standard InChI is InChI=1S/C22H27N3O7.ClH/c26-18-5-4-16(20(27)24-18)25-21(28)15-2-1-3-17(19(15)22(25)29)32-13-11-30-10-12-31-14-6-8-23-9-7-14;/h1-3,14,16,23H,4-13H2,(H,24,26,27);1H. The summed E-state index contributed by atoms with van der Waals surface area (Å²) in [4.78, 5) is 50.3. The summed E-state index contributed by atoms with van der Waals surface area (Å²) < 4.78 is 17.0. The van der Waals surface area contributed by atoms with E-state index in [0.29, 0.717) is 19.8 Å². The first-order valence-electron chi connectivity index (χ1n) is 10.9. The van der Waals surface area contributed by atoms with Crippen molar-refractivity contribution < 1.29 is 33.4 Å². The third kappa shape index (κ3) is 5.70. The summed E-state index contributed by atoms with van der Waals surface area (Å²) in [5, 5.41) is 5.47. The SMILES string of the molecule is Cl.O=C1CCC(N2C(=O)c3cccc(OCCOCCOC4CCNCC4)c3C2=O)C(=O)N1. The average molecular weight is 482 g/mol. The van der Waals surface area contributed by atoms with Crippen LogP contribution >= 0.6 is 12.4 Å². The van der Waals surface area contributed by atoms with E-state index in [-0.39, 0.29) is 54.8 Å². The average Bonchev–Trinajstić information content (AvgIpc) is 3.05. The topological polar surface area (TPSA) is 123 Å². The molecule has 0 radical (unpaired) electrons. The molecule has 11 heteroatoms. The first-order valence-corrected chi connectivity index (χ1v) is 10.9. The van der Waals surface area contributed by atoms with Gasteiger partial charge in [-0.2, -0.15) is 0 Å². The van der Waals surface area contributed by atoms with Crippen LogP contribution in [0.25, 0.3) is 0 Å². The number of nitrogens with one attached hydrogen (secondary N) is 2. The zero-order valence-corrected chi connectivity index (χ0v) is 19.0. The predicted octanol–water partition coefficient (Wildman–Crippen LogP) is 0.674. The third-order valence-electron chi connectivity index (χ3n) is 5.78. The molecule has 0 spiro atoms. The number of ether oxygens (including phenoxy) is 3. The molecule has 0 saturated carbocycles. The molecular weight excluding hydrogens is 454 g/mol. The minimum absolute atomic E-state index is 0. The summed E-state index contributed by atoms with van der Waals surface area (Å²) in [6.45, 7) is 3.41. The van der Waals surface area contributed by atoms with Crippen molar-refractivity contribution in [3.63, 3.8) is 0 Å². The molecule has 1 aromatic carbocycles. The van der Waals surface area contributed by atoms with E-state index in [4.69, 9.17) is 14.2 Å². The molecule has 3 aliphatic rings. The molecule has 3 heterocycles. The van der Waals surface area contributed by atoms with Gasteiger partial charge in [0, 0.05) is 6.42 Å². The van der Waals surface area contributed by atoms with E-state index in [1.807, 2.05) is 0 Å². The largest absolute Gasteiger partial charge is 0.490 e. The van der Waals surface area contributed by atoms with Crippen molar-refractivity contribution in [2.75, 3.05) is 39.5 Å². The van der Waals surface area contributed by atoms with Crippen molar-refractivity contribution in [2.45, 2.75) is 37.8 Å². The third-order valence-corrected chi connectivity index (χ3v) is 5.78. The second-order valence-corrected chi connectivity index (χ2v) is 7.91. The normalized spacial score (nSPS) is 21.0. The van der Waals surface area contributed by atoms with Gasteiger partial charge in [-0.1, -0.05) is 6.07 Å². The Bertz CT molecular complexity index is 904. The lowest BCUT2D eigenvalue weighted by Gasteiger charge is -2.27. The molecule has 2 saturated heterocycles. The maximum absolute atomic E-state index is 13.0. The number of carbonyl (C=O) groups is 4. The Kier molecular flexibility index (Phi) is 8.79. The number of benzene rings is 1. The van der Waals surface area contributed by atoms with Crippen molar-refractivity contribution in [1.29, 1.82) is 0 Å². The number of fused-ring (bicyclic) bond motifs is 1. The first-order chi connectivity index (χ1) is 15.6. The molecule has 33 heavy (non-hydrogen) atoms. The van der Waals surface area contributed by atoms with Gasteiger partial charge in [0.1, 0.15) is 18.4 Å². The Morgan fingerprint density at radius 3 is 2.45 bits per heavy atom. The van der Waals surface area contributed by atoms with Crippen LogP contribution < -0.4 is 15.4 Å². The molecule has 0 bridgehead atoms. The summed E-state index contributed by atoms with van der Waals surface area (Å²) >= 11 is 0. The Balaban J connectivity index is 0.00000306. The smallest absolute Gasteiger partial charge is 0.266 e. The number of carbonyl (C=O) groups excluding carboxylic acids is 4. The minimum Gasteiger partial charge on any atom is -0.490 e. The van der Waals surface area contributed by atoms with Crippen LogP contribution in [-0.2, 0) is 19.1 Å². The molecule has 1 aromatic rings. The second-order valence-electron chi connectivity index (χ2n) is 7.91. The van der Waals surface area contributed by atoms with E-state index in [2.05, 4.69) is 10.6 Å². The number of imide groups is 2. The van der Waals surface area contributed by atoms with Crippen molar-refractivity contribution in [2.24, 2.45) is 0 Å². The van der Waals surface area contributed by atoms with E-state index in [1.165, 1.54) is 6.07 Å². The van der Waals surface area contributed by atoms with Crippen LogP contribution in [0.1, 0.15) is 46.4 Å². The molecule has 4 amide bonds. The van der Waals surface area contributed by atoms with Gasteiger partial charge in [-0.25, -0.2) is 0 Å². The molecule has 2 N–H and O–H groups in total. The summed E-state index contributed by atoms with van der Waals surface area (Å²) in [6.07, 6.45) is 2.47. The summed E-state index contributed by atoms with van der Waals surface area (Å²) in [7, 11) is 0. The van der Waals surface area contributed by atoms with Crippen molar-refractivity contribution in [3.8, 4) is 5.75 Å². The van der Waals surface area contributed by atoms with Gasteiger partial charge in [0.25, 0.3) is 11.8 Å². The van der Waals surface area contributed by atoms with Gasteiger partial charge in [0.05, 0.1) is 37.1 Å². The van der Waals surface area contributed by atoms with Gasteiger partial charge in [-0.05, 0) is 44.5 Å². The molecule has 180 valence electrons. The van der Waals surface area contributed by atoms with Crippen LogP contribution in [0.4, 0.5) is 0 Å². The fourth-order valence-electron chi connectivity index (χ4n) is 4.15. The maximum atomic E-state index is 13.0. The van der Waals surface area contributed by atoms with Gasteiger partial charge < -0.3 is 19.5 Å². The Hall–Kier alpha value is -2.53. The predicted molar refractivity (Wildman–Crippen MR) is 119 cm³/mol. The number of piperidine rings is 2. The lowest BCUT2D eigenvalue weighted by atomic mass is 10.0. The van der Waals surface area contributed by atoms with Gasteiger partial charge in [0.15, 0.2) is 0 Å². The van der Waals surface area contributed by atoms with Gasteiger partial charge in [0.2, 0.25) is 11.8 Å². The van der Waals surface area contributed by atoms with Crippen molar-refractivity contribution in [3.05, 3.63) is 29.3 Å². The van der Waals surface area contributed by atoms with Crippen LogP contribution in [0.3, 0.4) is 0 Å². The number of halogens is 1. The Labute approximate surface area is 197 Å². The first kappa shape index (κ1) is 25.1. The van der Waals surface area contributed by atoms with Crippen LogP contribution in [0, 0.1) is 0 Å².